The summed E-state index contributed by atoms with van der Waals surface area (Å²) in [6.45, 7) is 9.33. The highest BCUT2D eigenvalue weighted by molar-refractivity contribution is 6.30. The number of carbonyl (C=O) groups excluding carboxylic acids is 1. The summed E-state index contributed by atoms with van der Waals surface area (Å²) in [7, 11) is 1.69. The van der Waals surface area contributed by atoms with Crippen molar-refractivity contribution >= 4 is 23.5 Å². The van der Waals surface area contributed by atoms with Gasteiger partial charge in [0.25, 0.3) is 0 Å². The van der Waals surface area contributed by atoms with Crippen molar-refractivity contribution in [1.82, 2.24) is 16.0 Å². The van der Waals surface area contributed by atoms with Crippen LogP contribution in [0.5, 0.6) is 5.75 Å². The highest BCUT2D eigenvalue weighted by Gasteiger charge is 2.27. The second kappa shape index (κ2) is 10.1. The summed E-state index contributed by atoms with van der Waals surface area (Å²) < 4.78 is 5.81. The number of halogens is 1. The van der Waals surface area contributed by atoms with E-state index in [1.807, 2.05) is 39.8 Å². The molecule has 0 saturated carbocycles. The predicted molar refractivity (Wildman–Crippen MR) is 103 cm³/mol. The number of hydrogen-bond donors (Lipinski definition) is 3. The lowest BCUT2D eigenvalue weighted by Gasteiger charge is -2.25. The van der Waals surface area contributed by atoms with Gasteiger partial charge in [-0.3, -0.25) is 9.79 Å². The van der Waals surface area contributed by atoms with Crippen LogP contribution in [0.2, 0.25) is 5.02 Å². The van der Waals surface area contributed by atoms with E-state index in [1.54, 1.807) is 19.2 Å². The van der Waals surface area contributed by atoms with E-state index in [4.69, 9.17) is 16.3 Å². The summed E-state index contributed by atoms with van der Waals surface area (Å²) >= 11 is 5.86. The molecule has 1 unspecified atom stereocenters. The average Bonchev–Trinajstić information content (AvgIpc) is 2.57. The topological polar surface area (TPSA) is 74.8 Å². The number of rotatable bonds is 8. The molecule has 1 amide bonds. The summed E-state index contributed by atoms with van der Waals surface area (Å²) in [5.74, 6) is 1.40. The third kappa shape index (κ3) is 7.65. The minimum atomic E-state index is -0.529. The molecule has 25 heavy (non-hydrogen) atoms. The first-order chi connectivity index (χ1) is 11.8. The van der Waals surface area contributed by atoms with Gasteiger partial charge in [-0.1, -0.05) is 11.6 Å². The maximum atomic E-state index is 12.0. The molecule has 0 aromatic heterocycles. The van der Waals surface area contributed by atoms with Crippen LogP contribution in [0, 0.1) is 5.41 Å². The molecular weight excluding hydrogens is 340 g/mol. The quantitative estimate of drug-likeness (QED) is 0.486. The Labute approximate surface area is 155 Å². The fraction of sp³-hybridized carbons (Fsp3) is 0.556. The van der Waals surface area contributed by atoms with E-state index >= 15 is 0 Å². The molecule has 0 heterocycles. The molecule has 0 aliphatic rings. The van der Waals surface area contributed by atoms with Gasteiger partial charge in [-0.05, 0) is 52.0 Å². The Balaban J connectivity index is 2.43. The Morgan fingerprint density at radius 1 is 1.24 bits per heavy atom. The molecule has 0 aliphatic carbocycles. The number of amides is 1. The lowest BCUT2D eigenvalue weighted by molar-refractivity contribution is -0.128. The Hall–Kier alpha value is -1.95. The average molecular weight is 369 g/mol. The smallest absolute Gasteiger partial charge is 0.227 e. The molecule has 140 valence electrons. The van der Waals surface area contributed by atoms with Crippen LogP contribution in [0.3, 0.4) is 0 Å². The van der Waals surface area contributed by atoms with Gasteiger partial charge in [0.15, 0.2) is 5.96 Å². The fourth-order valence-electron chi connectivity index (χ4n) is 2.03. The number of nitrogens with zero attached hydrogens (tertiary/aromatic N) is 1. The van der Waals surface area contributed by atoms with E-state index in [2.05, 4.69) is 20.9 Å². The third-order valence-electron chi connectivity index (χ3n) is 3.58. The molecule has 1 atom stereocenters. The Morgan fingerprint density at radius 3 is 2.44 bits per heavy atom. The van der Waals surface area contributed by atoms with Gasteiger partial charge < -0.3 is 20.7 Å². The molecule has 1 aromatic carbocycles. The SMILES string of the molecule is CCNC(=O)C(C)(C)CNC(=NC)NCC(C)Oc1ccc(Cl)cc1. The van der Waals surface area contributed by atoms with Gasteiger partial charge >= 0.3 is 0 Å². The van der Waals surface area contributed by atoms with Crippen LogP contribution < -0.4 is 20.7 Å². The third-order valence-corrected chi connectivity index (χ3v) is 3.83. The van der Waals surface area contributed by atoms with E-state index in [9.17, 15) is 4.79 Å². The molecule has 6 nitrogen and oxygen atoms in total. The van der Waals surface area contributed by atoms with Gasteiger partial charge in [-0.25, -0.2) is 0 Å². The molecule has 0 saturated heterocycles. The van der Waals surface area contributed by atoms with Gasteiger partial charge in [0.05, 0.1) is 12.0 Å². The summed E-state index contributed by atoms with van der Waals surface area (Å²) in [5, 5.41) is 9.90. The molecule has 3 N–H and O–H groups in total. The highest BCUT2D eigenvalue weighted by atomic mass is 35.5. The Bertz CT molecular complexity index is 573. The van der Waals surface area contributed by atoms with Crippen LogP contribution in [0.15, 0.2) is 29.3 Å². The number of guanidine groups is 1. The Morgan fingerprint density at radius 2 is 1.88 bits per heavy atom. The van der Waals surface area contributed by atoms with Gasteiger partial charge in [0, 0.05) is 25.2 Å². The van der Waals surface area contributed by atoms with E-state index in [1.165, 1.54) is 0 Å². The van der Waals surface area contributed by atoms with Crippen LogP contribution in [0.4, 0.5) is 0 Å². The number of benzene rings is 1. The van der Waals surface area contributed by atoms with Crippen molar-refractivity contribution in [3.63, 3.8) is 0 Å². The zero-order valence-electron chi connectivity index (χ0n) is 15.6. The summed E-state index contributed by atoms with van der Waals surface area (Å²) in [6.07, 6.45) is -0.0591. The fourth-order valence-corrected chi connectivity index (χ4v) is 2.16. The van der Waals surface area contributed by atoms with Gasteiger partial charge in [0.2, 0.25) is 5.91 Å². The molecule has 0 spiro atoms. The minimum absolute atomic E-state index is 0.0115. The second-order valence-corrected chi connectivity index (χ2v) is 6.87. The van der Waals surface area contributed by atoms with Gasteiger partial charge in [-0.15, -0.1) is 0 Å². The maximum Gasteiger partial charge on any atom is 0.227 e. The van der Waals surface area contributed by atoms with Gasteiger partial charge in [0.1, 0.15) is 11.9 Å². The van der Waals surface area contributed by atoms with Crippen molar-refractivity contribution in [3.05, 3.63) is 29.3 Å². The molecule has 1 aromatic rings. The first-order valence-electron chi connectivity index (χ1n) is 8.43. The summed E-state index contributed by atoms with van der Waals surface area (Å²) in [6, 6.07) is 7.25. The van der Waals surface area contributed by atoms with Gasteiger partial charge in [-0.2, -0.15) is 0 Å². The molecule has 0 bridgehead atoms. The molecule has 0 radical (unpaired) electrons. The van der Waals surface area contributed by atoms with E-state index in [0.29, 0.717) is 30.6 Å². The van der Waals surface area contributed by atoms with E-state index in [0.717, 1.165) is 5.75 Å². The van der Waals surface area contributed by atoms with Crippen LogP contribution in [0.1, 0.15) is 27.7 Å². The van der Waals surface area contributed by atoms with Crippen molar-refractivity contribution < 1.29 is 9.53 Å². The summed E-state index contributed by atoms with van der Waals surface area (Å²) in [4.78, 5) is 16.2. The van der Waals surface area contributed by atoms with Crippen molar-refractivity contribution in [1.29, 1.82) is 0 Å². The number of aliphatic imine (C=N–C) groups is 1. The molecule has 1 rings (SSSR count). The van der Waals surface area contributed by atoms with Crippen LogP contribution >= 0.6 is 11.6 Å². The first kappa shape index (κ1) is 21.1. The second-order valence-electron chi connectivity index (χ2n) is 6.43. The number of carbonyl (C=O) groups is 1. The van der Waals surface area contributed by atoms with Crippen molar-refractivity contribution in [2.45, 2.75) is 33.8 Å². The lowest BCUT2D eigenvalue weighted by atomic mass is 9.92. The molecule has 0 fully saturated rings. The van der Waals surface area contributed by atoms with Crippen LogP contribution in [0.25, 0.3) is 0 Å². The zero-order chi connectivity index (χ0) is 18.9. The van der Waals surface area contributed by atoms with Crippen LogP contribution in [-0.2, 0) is 4.79 Å². The zero-order valence-corrected chi connectivity index (χ0v) is 16.4. The summed E-state index contributed by atoms with van der Waals surface area (Å²) in [5.41, 5.74) is -0.529. The van der Waals surface area contributed by atoms with E-state index in [-0.39, 0.29) is 12.0 Å². The monoisotopic (exact) mass is 368 g/mol. The number of nitrogens with one attached hydrogen (secondary N) is 3. The van der Waals surface area contributed by atoms with Crippen LogP contribution in [-0.4, -0.2) is 44.7 Å². The standard InChI is InChI=1S/C18H29ClN4O2/c1-6-21-16(24)18(3,4)12-23-17(20-5)22-11-13(2)25-15-9-7-14(19)8-10-15/h7-10,13H,6,11-12H2,1-5H3,(H,21,24)(H2,20,22,23). The first-order valence-corrected chi connectivity index (χ1v) is 8.81. The van der Waals surface area contributed by atoms with E-state index < -0.39 is 5.41 Å². The molecular formula is C18H29ClN4O2. The van der Waals surface area contributed by atoms with Crippen molar-refractivity contribution in [2.24, 2.45) is 10.4 Å². The largest absolute Gasteiger partial charge is 0.489 e. The maximum absolute atomic E-state index is 12.0. The molecule has 7 heteroatoms. The van der Waals surface area contributed by atoms with Crippen molar-refractivity contribution in [2.75, 3.05) is 26.7 Å². The Kier molecular flexibility index (Phi) is 8.55. The highest BCUT2D eigenvalue weighted by Crippen LogP contribution is 2.16. The number of hydrogen-bond acceptors (Lipinski definition) is 3. The predicted octanol–water partition coefficient (Wildman–Crippen LogP) is 2.43. The minimum Gasteiger partial charge on any atom is -0.489 e. The number of ether oxygens (including phenoxy) is 1. The normalized spacial score (nSPS) is 13.1. The lowest BCUT2D eigenvalue weighted by Crippen LogP contribution is -2.49. The van der Waals surface area contributed by atoms with Crippen molar-refractivity contribution in [3.8, 4) is 5.75 Å². The molecule has 0 aliphatic heterocycles.